The van der Waals surface area contributed by atoms with Crippen molar-refractivity contribution in [3.05, 3.63) is 0 Å². The molecule has 9 nitrogen and oxygen atoms in total. The Morgan fingerprint density at radius 3 is 2.00 bits per heavy atom. The van der Waals surface area contributed by atoms with E-state index in [0.29, 0.717) is 0 Å². The molecule has 0 fully saturated rings. The average Bonchev–Trinajstić information content (AvgIpc) is 2.35. The van der Waals surface area contributed by atoms with Crippen LogP contribution in [-0.2, 0) is 9.59 Å². The Bertz CT molecular complexity index is 284. The molecule has 106 valence electrons. The van der Waals surface area contributed by atoms with E-state index in [1.54, 1.807) is 0 Å². The van der Waals surface area contributed by atoms with E-state index in [0.717, 1.165) is 0 Å². The Labute approximate surface area is 102 Å². The van der Waals surface area contributed by atoms with Crippen LogP contribution in [0.3, 0.4) is 0 Å². The number of hydrogen-bond donors (Lipinski definition) is 7. The number of hydrogen-bond acceptors (Lipinski definition) is 8. The van der Waals surface area contributed by atoms with Gasteiger partial charge in [0.25, 0.3) is 0 Å². The minimum absolute atomic E-state index is 0.617. The quantitative estimate of drug-likeness (QED) is 0.218. The molecule has 0 aromatic heterocycles. The van der Waals surface area contributed by atoms with Gasteiger partial charge in [0.05, 0.1) is 19.8 Å². The molecule has 0 radical (unpaired) electrons. The molecule has 0 aliphatic carbocycles. The molecule has 0 saturated carbocycles. The second-order valence-corrected chi connectivity index (χ2v) is 3.61. The molecule has 4 unspecified atom stereocenters. The molecule has 0 heterocycles. The molecule has 0 bridgehead atoms. The van der Waals surface area contributed by atoms with Crippen molar-refractivity contribution in [3.8, 4) is 0 Å². The predicted octanol–water partition coefficient (Wildman–Crippen LogP) is -4.33. The number of carboxylic acid groups (broad SMARTS) is 1. The number of aliphatic hydroxyl groups excluding tert-OH is 5. The summed E-state index contributed by atoms with van der Waals surface area (Å²) in [7, 11) is 0. The van der Waals surface area contributed by atoms with E-state index >= 15 is 0 Å². The van der Waals surface area contributed by atoms with Crippen LogP contribution in [-0.4, -0.2) is 86.5 Å². The summed E-state index contributed by atoms with van der Waals surface area (Å²) < 4.78 is 0. The van der Waals surface area contributed by atoms with E-state index in [1.807, 2.05) is 0 Å². The maximum Gasteiger partial charge on any atom is 0.323 e. The monoisotopic (exact) mass is 267 g/mol. The average molecular weight is 267 g/mol. The largest absolute Gasteiger partial charge is 0.480 e. The van der Waals surface area contributed by atoms with E-state index in [2.05, 4.69) is 5.32 Å². The van der Waals surface area contributed by atoms with Gasteiger partial charge in [-0.05, 0) is 0 Å². The second-order valence-electron chi connectivity index (χ2n) is 3.61. The summed E-state index contributed by atoms with van der Waals surface area (Å²) in [6.45, 7) is -2.21. The fourth-order valence-electron chi connectivity index (χ4n) is 1.07. The third-order valence-corrected chi connectivity index (χ3v) is 2.24. The first kappa shape index (κ1) is 16.9. The summed E-state index contributed by atoms with van der Waals surface area (Å²) in [6.07, 6.45) is -5.52. The molecule has 0 aromatic rings. The number of carbonyl (C=O) groups is 2. The Hall–Kier alpha value is -1.10. The Kier molecular flexibility index (Phi) is 7.59. The van der Waals surface area contributed by atoms with Gasteiger partial charge in [-0.15, -0.1) is 0 Å². The molecule has 9 heteroatoms. The van der Waals surface area contributed by atoms with Crippen LogP contribution in [0.4, 0.5) is 0 Å². The van der Waals surface area contributed by atoms with E-state index in [-0.39, 0.29) is 0 Å². The highest BCUT2D eigenvalue weighted by atomic mass is 16.4. The van der Waals surface area contributed by atoms with E-state index in [1.165, 1.54) is 0 Å². The Balaban J connectivity index is 4.28. The lowest BCUT2D eigenvalue weighted by molar-refractivity contribution is -0.142. The third-order valence-electron chi connectivity index (χ3n) is 2.24. The number of aliphatic hydroxyl groups is 5. The maximum atomic E-state index is 11.3. The van der Waals surface area contributed by atoms with Gasteiger partial charge < -0.3 is 30.6 Å². The zero-order valence-electron chi connectivity index (χ0n) is 9.43. The summed E-state index contributed by atoms with van der Waals surface area (Å²) in [6, 6.07) is -1.37. The maximum absolute atomic E-state index is 11.3. The minimum atomic E-state index is -1.97. The fourth-order valence-corrected chi connectivity index (χ4v) is 1.07. The highest BCUT2D eigenvalue weighted by Gasteiger charge is 2.30. The van der Waals surface area contributed by atoms with Crippen molar-refractivity contribution in [1.29, 1.82) is 0 Å². The van der Waals surface area contributed by atoms with Crippen LogP contribution in [0, 0.1) is 0 Å². The summed E-state index contributed by atoms with van der Waals surface area (Å²) in [5.41, 5.74) is 0. The summed E-state index contributed by atoms with van der Waals surface area (Å²) >= 11 is 0. The van der Waals surface area contributed by atoms with Crippen molar-refractivity contribution in [2.24, 2.45) is 0 Å². The van der Waals surface area contributed by atoms with Gasteiger partial charge in [-0.2, -0.15) is 0 Å². The van der Waals surface area contributed by atoms with E-state index in [9.17, 15) is 19.8 Å². The molecule has 18 heavy (non-hydrogen) atoms. The molecule has 0 aliphatic heterocycles. The van der Waals surface area contributed by atoms with Crippen molar-refractivity contribution in [2.75, 3.05) is 19.8 Å². The molecule has 0 aromatic carbocycles. The topological polar surface area (TPSA) is 168 Å². The smallest absolute Gasteiger partial charge is 0.323 e. The highest BCUT2D eigenvalue weighted by Crippen LogP contribution is 2.01. The first-order chi connectivity index (χ1) is 8.34. The minimum Gasteiger partial charge on any atom is -0.480 e. The fraction of sp³-hybridized carbons (Fsp3) is 0.778. The van der Waals surface area contributed by atoms with Crippen molar-refractivity contribution in [1.82, 2.24) is 5.32 Å². The molecule has 0 rings (SSSR count). The number of aliphatic carboxylic acids is 1. The lowest BCUT2D eigenvalue weighted by atomic mass is 10.0. The molecule has 0 aliphatic rings. The summed E-state index contributed by atoms with van der Waals surface area (Å²) in [4.78, 5) is 21.8. The van der Waals surface area contributed by atoms with Gasteiger partial charge >= 0.3 is 5.97 Å². The van der Waals surface area contributed by atoms with Gasteiger partial charge in [-0.3, -0.25) is 14.9 Å². The predicted molar refractivity (Wildman–Crippen MR) is 56.6 cm³/mol. The van der Waals surface area contributed by atoms with Crippen LogP contribution in [0.1, 0.15) is 0 Å². The third kappa shape index (κ3) is 5.04. The van der Waals surface area contributed by atoms with Crippen molar-refractivity contribution in [3.63, 3.8) is 0 Å². The van der Waals surface area contributed by atoms with Crippen LogP contribution in [0.5, 0.6) is 0 Å². The number of nitrogens with one attached hydrogen (secondary N) is 1. The molecule has 0 spiro atoms. The van der Waals surface area contributed by atoms with E-state index in [4.69, 9.17) is 20.4 Å². The molecule has 4 atom stereocenters. The van der Waals surface area contributed by atoms with Gasteiger partial charge in [0.1, 0.15) is 24.4 Å². The SMILES string of the molecule is O=C(O)C(CO)NCC(=O)C(O)C(O)C(O)CO. The van der Waals surface area contributed by atoms with Crippen LogP contribution in [0.15, 0.2) is 0 Å². The zero-order valence-corrected chi connectivity index (χ0v) is 9.43. The Morgan fingerprint density at radius 2 is 1.61 bits per heavy atom. The van der Waals surface area contributed by atoms with Crippen LogP contribution in [0.25, 0.3) is 0 Å². The lowest BCUT2D eigenvalue weighted by Gasteiger charge is -2.21. The van der Waals surface area contributed by atoms with Crippen molar-refractivity contribution in [2.45, 2.75) is 24.4 Å². The number of Topliss-reactive ketones (excluding diaryl/α,β-unsaturated/α-hetero) is 1. The summed E-state index contributed by atoms with van der Waals surface area (Å²) in [5.74, 6) is -2.36. The molecule has 0 saturated heterocycles. The van der Waals surface area contributed by atoms with Crippen LogP contribution in [0.2, 0.25) is 0 Å². The standard InChI is InChI=1S/C9H17NO8/c11-2-4(9(17)18)10-1-5(13)7(15)8(16)6(14)3-12/h4,6-8,10-12,14-16H,1-3H2,(H,17,18). The molecule has 7 N–H and O–H groups in total. The first-order valence-electron chi connectivity index (χ1n) is 5.10. The van der Waals surface area contributed by atoms with Gasteiger partial charge in [-0.1, -0.05) is 0 Å². The highest BCUT2D eigenvalue weighted by molar-refractivity contribution is 5.86. The molecule has 0 amide bonds. The van der Waals surface area contributed by atoms with Gasteiger partial charge in [0.2, 0.25) is 0 Å². The van der Waals surface area contributed by atoms with Gasteiger partial charge in [0, 0.05) is 0 Å². The van der Waals surface area contributed by atoms with Crippen molar-refractivity contribution < 1.29 is 40.2 Å². The number of ketones is 1. The lowest BCUT2D eigenvalue weighted by Crippen LogP contribution is -2.49. The number of carboxylic acids is 1. The Morgan fingerprint density at radius 1 is 1.06 bits per heavy atom. The van der Waals surface area contributed by atoms with Gasteiger partial charge in [0.15, 0.2) is 5.78 Å². The zero-order chi connectivity index (χ0) is 14.3. The molecular formula is C9H17NO8. The summed E-state index contributed by atoms with van der Waals surface area (Å²) in [5, 5.41) is 55.3. The number of carbonyl (C=O) groups excluding carboxylic acids is 1. The van der Waals surface area contributed by atoms with Crippen LogP contribution >= 0.6 is 0 Å². The van der Waals surface area contributed by atoms with Crippen molar-refractivity contribution >= 4 is 11.8 Å². The molecular weight excluding hydrogens is 250 g/mol. The first-order valence-corrected chi connectivity index (χ1v) is 5.10. The van der Waals surface area contributed by atoms with Gasteiger partial charge in [-0.25, -0.2) is 0 Å². The normalized spacial score (nSPS) is 17.8. The second kappa shape index (κ2) is 8.08. The van der Waals surface area contributed by atoms with E-state index < -0.39 is 55.9 Å². The van der Waals surface area contributed by atoms with Crippen LogP contribution < -0.4 is 5.32 Å². The number of rotatable bonds is 9.